The summed E-state index contributed by atoms with van der Waals surface area (Å²) in [5, 5.41) is 9.93. The molecule has 11 heteroatoms. The molecule has 2 saturated heterocycles. The van der Waals surface area contributed by atoms with Gasteiger partial charge in [-0.05, 0) is 55.5 Å². The Hall–Kier alpha value is -3.34. The second-order valence-electron chi connectivity index (χ2n) is 8.48. The molecule has 2 aromatic carbocycles. The van der Waals surface area contributed by atoms with E-state index in [4.69, 9.17) is 14.2 Å². The molecule has 4 rings (SSSR count). The third kappa shape index (κ3) is 6.16. The van der Waals surface area contributed by atoms with E-state index in [0.29, 0.717) is 16.6 Å². The SMILES string of the molecule is C[C@]1(COc2ccc(N3CCC(Oc4ccc(OC(F)(F)F)cc4)CC3)cc2)CN(O)C(=O)O1. The highest BCUT2D eigenvalue weighted by molar-refractivity contribution is 5.69. The molecule has 2 aliphatic rings. The summed E-state index contributed by atoms with van der Waals surface area (Å²) in [7, 11) is 0. The number of carbonyl (C=O) groups is 1. The number of piperidine rings is 1. The van der Waals surface area contributed by atoms with Crippen molar-refractivity contribution in [1.29, 1.82) is 0 Å². The molecule has 8 nitrogen and oxygen atoms in total. The average Bonchev–Trinajstić information content (AvgIpc) is 3.05. The Morgan fingerprint density at radius 2 is 1.62 bits per heavy atom. The van der Waals surface area contributed by atoms with Crippen LogP contribution in [0.4, 0.5) is 23.7 Å². The van der Waals surface area contributed by atoms with Gasteiger partial charge in [0, 0.05) is 31.6 Å². The van der Waals surface area contributed by atoms with E-state index >= 15 is 0 Å². The van der Waals surface area contributed by atoms with E-state index < -0.39 is 18.1 Å². The Morgan fingerprint density at radius 1 is 1.03 bits per heavy atom. The monoisotopic (exact) mass is 482 g/mol. The third-order valence-electron chi connectivity index (χ3n) is 5.58. The zero-order valence-electron chi connectivity index (χ0n) is 18.5. The molecule has 2 aromatic rings. The van der Waals surface area contributed by atoms with Gasteiger partial charge in [0.2, 0.25) is 0 Å². The van der Waals surface area contributed by atoms with Gasteiger partial charge in [0.1, 0.15) is 30.0 Å². The lowest BCUT2D eigenvalue weighted by atomic mass is 10.1. The molecule has 1 atom stereocenters. The van der Waals surface area contributed by atoms with E-state index in [1.807, 2.05) is 24.3 Å². The molecule has 1 amide bonds. The number of hydrogen-bond donors (Lipinski definition) is 1. The van der Waals surface area contributed by atoms with Crippen molar-refractivity contribution >= 4 is 11.8 Å². The topological polar surface area (TPSA) is 80.7 Å². The molecule has 0 aliphatic carbocycles. The first-order chi connectivity index (χ1) is 16.1. The van der Waals surface area contributed by atoms with E-state index in [1.165, 1.54) is 24.3 Å². The standard InChI is InChI=1S/C23H25F3N2O6/c1-22(14-28(30)21(29)34-22)15-31-17-4-2-16(3-5-17)27-12-10-19(11-13-27)32-18-6-8-20(9-7-18)33-23(24,25)26/h2-9,19,30H,10-15H2,1H3/t22-/m1/s1. The van der Waals surface area contributed by atoms with E-state index in [-0.39, 0.29) is 25.0 Å². The van der Waals surface area contributed by atoms with Gasteiger partial charge in [-0.3, -0.25) is 5.21 Å². The van der Waals surface area contributed by atoms with Crippen molar-refractivity contribution in [3.8, 4) is 17.2 Å². The first-order valence-electron chi connectivity index (χ1n) is 10.8. The Bertz CT molecular complexity index is 978. The second-order valence-corrected chi connectivity index (χ2v) is 8.48. The number of ether oxygens (including phenoxy) is 4. The van der Waals surface area contributed by atoms with Crippen molar-refractivity contribution in [3.63, 3.8) is 0 Å². The summed E-state index contributed by atoms with van der Waals surface area (Å²) < 4.78 is 57.4. The van der Waals surface area contributed by atoms with Crippen LogP contribution in [0.3, 0.4) is 0 Å². The van der Waals surface area contributed by atoms with Crippen molar-refractivity contribution < 1.29 is 42.1 Å². The number of anilines is 1. The minimum atomic E-state index is -4.72. The molecule has 0 bridgehead atoms. The number of rotatable bonds is 7. The number of alkyl halides is 3. The number of cyclic esters (lactones) is 1. The van der Waals surface area contributed by atoms with Crippen molar-refractivity contribution in [1.82, 2.24) is 5.06 Å². The number of hydrogen-bond acceptors (Lipinski definition) is 7. The summed E-state index contributed by atoms with van der Waals surface area (Å²) in [6.45, 7) is 3.36. The number of benzene rings is 2. The van der Waals surface area contributed by atoms with E-state index in [2.05, 4.69) is 9.64 Å². The molecule has 1 N–H and O–H groups in total. The van der Waals surface area contributed by atoms with Gasteiger partial charge in [0.05, 0.1) is 6.54 Å². The number of carbonyl (C=O) groups excluding carboxylic acids is 1. The highest BCUT2D eigenvalue weighted by Gasteiger charge is 2.42. The fourth-order valence-corrected chi connectivity index (χ4v) is 3.89. The first-order valence-corrected chi connectivity index (χ1v) is 10.8. The summed E-state index contributed by atoms with van der Waals surface area (Å²) in [6.07, 6.45) is -4.01. The molecule has 0 unspecified atom stereocenters. The summed E-state index contributed by atoms with van der Waals surface area (Å²) in [5.41, 5.74) is 0.109. The van der Waals surface area contributed by atoms with Gasteiger partial charge >= 0.3 is 12.5 Å². The summed E-state index contributed by atoms with van der Waals surface area (Å²) in [4.78, 5) is 13.6. The minimum absolute atomic E-state index is 0.0332. The van der Waals surface area contributed by atoms with Crippen LogP contribution in [-0.4, -0.2) is 60.7 Å². The predicted octanol–water partition coefficient (Wildman–Crippen LogP) is 4.61. The fraction of sp³-hybridized carbons (Fsp3) is 0.435. The van der Waals surface area contributed by atoms with Crippen LogP contribution >= 0.6 is 0 Å². The molecule has 0 spiro atoms. The van der Waals surface area contributed by atoms with Gasteiger partial charge in [-0.15, -0.1) is 13.2 Å². The van der Waals surface area contributed by atoms with Gasteiger partial charge in [-0.2, -0.15) is 5.06 Å². The number of hydroxylamine groups is 2. The molecule has 184 valence electrons. The maximum atomic E-state index is 12.3. The van der Waals surface area contributed by atoms with Crippen LogP contribution in [-0.2, 0) is 4.74 Å². The maximum Gasteiger partial charge on any atom is 0.573 e. The highest BCUT2D eigenvalue weighted by Crippen LogP contribution is 2.29. The predicted molar refractivity (Wildman–Crippen MR) is 114 cm³/mol. The smallest absolute Gasteiger partial charge is 0.490 e. The fourth-order valence-electron chi connectivity index (χ4n) is 3.89. The number of amides is 1. The summed E-state index contributed by atoms with van der Waals surface area (Å²) in [5.74, 6) is 0.838. The van der Waals surface area contributed by atoms with Crippen molar-refractivity contribution in [2.24, 2.45) is 0 Å². The van der Waals surface area contributed by atoms with Gasteiger partial charge in [0.15, 0.2) is 5.60 Å². The quantitative estimate of drug-likeness (QED) is 0.577. The van der Waals surface area contributed by atoms with E-state index in [1.54, 1.807) is 6.92 Å². The van der Waals surface area contributed by atoms with Gasteiger partial charge in [-0.1, -0.05) is 0 Å². The van der Waals surface area contributed by atoms with Gasteiger partial charge in [-0.25, -0.2) is 4.79 Å². The number of nitrogens with zero attached hydrogens (tertiary/aromatic N) is 2. The van der Waals surface area contributed by atoms with Crippen LogP contribution in [0, 0.1) is 0 Å². The van der Waals surface area contributed by atoms with E-state index in [9.17, 15) is 23.2 Å². The van der Waals surface area contributed by atoms with Crippen molar-refractivity contribution in [2.75, 3.05) is 31.1 Å². The number of halogens is 3. The molecular formula is C23H25F3N2O6. The highest BCUT2D eigenvalue weighted by atomic mass is 19.4. The third-order valence-corrected chi connectivity index (χ3v) is 5.58. The average molecular weight is 482 g/mol. The molecular weight excluding hydrogens is 457 g/mol. The minimum Gasteiger partial charge on any atom is -0.490 e. The molecule has 0 aromatic heterocycles. The Labute approximate surface area is 194 Å². The largest absolute Gasteiger partial charge is 0.573 e. The van der Waals surface area contributed by atoms with Crippen LogP contribution in [0.15, 0.2) is 48.5 Å². The summed E-state index contributed by atoms with van der Waals surface area (Å²) in [6, 6.07) is 13.0. The lowest BCUT2D eigenvalue weighted by Crippen LogP contribution is -2.38. The van der Waals surface area contributed by atoms with Gasteiger partial charge in [0.25, 0.3) is 0 Å². The second kappa shape index (κ2) is 9.49. The molecule has 0 saturated carbocycles. The summed E-state index contributed by atoms with van der Waals surface area (Å²) >= 11 is 0. The van der Waals surface area contributed by atoms with Crippen LogP contribution in [0.25, 0.3) is 0 Å². The zero-order valence-corrected chi connectivity index (χ0v) is 18.5. The maximum absolute atomic E-state index is 12.3. The molecule has 2 fully saturated rings. The van der Waals surface area contributed by atoms with Crippen molar-refractivity contribution in [2.45, 2.75) is 37.8 Å². The van der Waals surface area contributed by atoms with Crippen LogP contribution in [0.5, 0.6) is 17.2 Å². The van der Waals surface area contributed by atoms with Crippen LogP contribution < -0.4 is 19.1 Å². The zero-order chi connectivity index (χ0) is 24.3. The van der Waals surface area contributed by atoms with Crippen LogP contribution in [0.1, 0.15) is 19.8 Å². The van der Waals surface area contributed by atoms with Gasteiger partial charge < -0.3 is 23.8 Å². The Balaban J connectivity index is 1.23. The molecule has 34 heavy (non-hydrogen) atoms. The normalized spacial score (nSPS) is 21.4. The van der Waals surface area contributed by atoms with Crippen molar-refractivity contribution in [3.05, 3.63) is 48.5 Å². The molecule has 2 heterocycles. The lowest BCUT2D eigenvalue weighted by molar-refractivity contribution is -0.274. The Morgan fingerprint density at radius 3 is 2.18 bits per heavy atom. The molecule has 2 aliphatic heterocycles. The Kier molecular flexibility index (Phi) is 6.65. The lowest BCUT2D eigenvalue weighted by Gasteiger charge is -2.33. The first kappa shape index (κ1) is 23.8. The molecule has 0 radical (unpaired) electrons. The van der Waals surface area contributed by atoms with Crippen LogP contribution in [0.2, 0.25) is 0 Å². The van der Waals surface area contributed by atoms with E-state index in [0.717, 1.165) is 31.6 Å².